The van der Waals surface area contributed by atoms with Gasteiger partial charge in [-0.25, -0.2) is 4.79 Å². The minimum Gasteiger partial charge on any atom is -0.370 e. The topological polar surface area (TPSA) is 143 Å². The third-order valence-corrected chi connectivity index (χ3v) is 5.11. The van der Waals surface area contributed by atoms with E-state index in [1.54, 1.807) is 0 Å². The summed E-state index contributed by atoms with van der Waals surface area (Å²) in [6, 6.07) is 0.171. The third kappa shape index (κ3) is 5.46. The molecule has 13 heteroatoms. The molecule has 1 aromatic carbocycles. The lowest BCUT2D eigenvalue weighted by Gasteiger charge is -2.29. The number of anilines is 2. The highest BCUT2D eigenvalue weighted by Crippen LogP contribution is 2.38. The summed E-state index contributed by atoms with van der Waals surface area (Å²) in [7, 11) is 0. The Morgan fingerprint density at radius 3 is 2.50 bits per heavy atom. The van der Waals surface area contributed by atoms with E-state index in [4.69, 9.17) is 10.5 Å². The Morgan fingerprint density at radius 2 is 1.94 bits per heavy atom. The first-order valence-electron chi connectivity index (χ1n) is 9.83. The number of morpholine rings is 1. The zero-order valence-electron chi connectivity index (χ0n) is 16.8. The molecular weight excluding hydrogens is 435 g/mol. The van der Waals surface area contributed by atoms with Crippen molar-refractivity contribution in [3.8, 4) is 0 Å². The summed E-state index contributed by atoms with van der Waals surface area (Å²) < 4.78 is 45.9. The van der Waals surface area contributed by atoms with Crippen molar-refractivity contribution in [2.45, 2.75) is 37.5 Å². The van der Waals surface area contributed by atoms with E-state index in [1.165, 1.54) is 0 Å². The number of nitrogens with zero attached hydrogens (tertiary/aromatic N) is 1. The Kier molecular flexibility index (Phi) is 6.87. The molecule has 1 aromatic rings. The predicted octanol–water partition coefficient (Wildman–Crippen LogP) is 0.713. The van der Waals surface area contributed by atoms with Gasteiger partial charge < -0.3 is 31.3 Å². The van der Waals surface area contributed by atoms with Crippen molar-refractivity contribution in [1.29, 1.82) is 0 Å². The molecule has 2 fully saturated rings. The zero-order valence-corrected chi connectivity index (χ0v) is 16.8. The molecule has 5 amide bonds. The van der Waals surface area contributed by atoms with Crippen molar-refractivity contribution < 1.29 is 37.1 Å². The second kappa shape index (κ2) is 9.42. The van der Waals surface area contributed by atoms with Gasteiger partial charge in [-0.1, -0.05) is 0 Å². The number of carbonyl (C=O) groups is 4. The Labute approximate surface area is 180 Å². The van der Waals surface area contributed by atoms with Crippen molar-refractivity contribution in [3.05, 3.63) is 23.8 Å². The van der Waals surface area contributed by atoms with E-state index in [-0.39, 0.29) is 37.2 Å². The number of halogens is 3. The zero-order chi connectivity index (χ0) is 23.5. The number of nitrogens with two attached hydrogens (primary N) is 1. The Bertz CT molecular complexity index is 919. The highest BCUT2D eigenvalue weighted by Gasteiger charge is 2.37. The van der Waals surface area contributed by atoms with Crippen LogP contribution in [0.1, 0.15) is 24.8 Å². The van der Waals surface area contributed by atoms with Crippen LogP contribution >= 0.6 is 0 Å². The molecule has 32 heavy (non-hydrogen) atoms. The lowest BCUT2D eigenvalue weighted by molar-refractivity contribution is -0.137. The first-order valence-corrected chi connectivity index (χ1v) is 9.83. The van der Waals surface area contributed by atoms with Gasteiger partial charge in [0.05, 0.1) is 17.9 Å². The number of nitrogens with one attached hydrogen (secondary N) is 3. The Hall–Kier alpha value is -3.35. The molecule has 0 bridgehead atoms. The molecule has 1 aliphatic heterocycles. The molecule has 2 aliphatic rings. The van der Waals surface area contributed by atoms with Crippen LogP contribution in [0.3, 0.4) is 0 Å². The second-order valence-electron chi connectivity index (χ2n) is 7.40. The van der Waals surface area contributed by atoms with Gasteiger partial charge >= 0.3 is 12.2 Å². The molecule has 0 aromatic heterocycles. The van der Waals surface area contributed by atoms with E-state index in [0.717, 1.165) is 36.3 Å². The highest BCUT2D eigenvalue weighted by atomic mass is 19.4. The van der Waals surface area contributed by atoms with Crippen molar-refractivity contribution in [1.82, 2.24) is 10.6 Å². The summed E-state index contributed by atoms with van der Waals surface area (Å²) in [5.41, 5.74) is 3.35. The van der Waals surface area contributed by atoms with Gasteiger partial charge in [0.25, 0.3) is 11.8 Å². The van der Waals surface area contributed by atoms with Crippen molar-refractivity contribution in [2.75, 3.05) is 30.0 Å². The molecule has 174 valence electrons. The number of ether oxygens (including phenoxy) is 1. The van der Waals surface area contributed by atoms with Gasteiger partial charge in [-0.2, -0.15) is 13.2 Å². The minimum atomic E-state index is -4.83. The van der Waals surface area contributed by atoms with Crippen LogP contribution in [0.2, 0.25) is 0 Å². The first-order chi connectivity index (χ1) is 15.1. The van der Waals surface area contributed by atoms with Gasteiger partial charge in [0.1, 0.15) is 6.61 Å². The highest BCUT2D eigenvalue weighted by molar-refractivity contribution is 6.11. The fourth-order valence-electron chi connectivity index (χ4n) is 3.24. The average Bonchev–Trinajstić information content (AvgIpc) is 2.68. The predicted molar refractivity (Wildman–Crippen MR) is 106 cm³/mol. The maximum atomic E-state index is 13.6. The summed E-state index contributed by atoms with van der Waals surface area (Å²) in [6.07, 6.45) is -2.37. The maximum Gasteiger partial charge on any atom is 0.418 e. The molecular formula is C19H22F3N5O5. The number of rotatable bonds is 6. The SMILES string of the molecule is NC(=O)[C@H](NC(=O)NC1CCC1)C(=O)Nc1ccc(N2CCOCC2=O)c(C(F)(F)F)c1. The number of urea groups is 1. The number of amides is 5. The molecule has 0 radical (unpaired) electrons. The van der Waals surface area contributed by atoms with Crippen LogP contribution in [0.5, 0.6) is 0 Å². The number of carbonyl (C=O) groups excluding carboxylic acids is 4. The van der Waals surface area contributed by atoms with Crippen LogP contribution in [0.25, 0.3) is 0 Å². The molecule has 1 heterocycles. The van der Waals surface area contributed by atoms with Gasteiger partial charge in [0, 0.05) is 18.3 Å². The number of hydrogen-bond donors (Lipinski definition) is 4. The number of hydrogen-bond acceptors (Lipinski definition) is 5. The molecule has 1 saturated heterocycles. The summed E-state index contributed by atoms with van der Waals surface area (Å²) in [5, 5.41) is 6.84. The van der Waals surface area contributed by atoms with Crippen molar-refractivity contribution in [3.63, 3.8) is 0 Å². The number of benzene rings is 1. The Morgan fingerprint density at radius 1 is 1.22 bits per heavy atom. The van der Waals surface area contributed by atoms with Gasteiger partial charge in [-0.15, -0.1) is 0 Å². The third-order valence-electron chi connectivity index (χ3n) is 5.11. The maximum absolute atomic E-state index is 13.6. The van der Waals surface area contributed by atoms with Gasteiger partial charge in [-0.05, 0) is 37.5 Å². The van der Waals surface area contributed by atoms with Gasteiger partial charge in [-0.3, -0.25) is 14.4 Å². The molecule has 1 aliphatic carbocycles. The lowest BCUT2D eigenvalue weighted by Crippen LogP contribution is -2.56. The van der Waals surface area contributed by atoms with E-state index in [0.29, 0.717) is 6.07 Å². The van der Waals surface area contributed by atoms with E-state index in [1.807, 2.05) is 0 Å². The fraction of sp³-hybridized carbons (Fsp3) is 0.474. The summed E-state index contributed by atoms with van der Waals surface area (Å²) in [5.74, 6) is -2.92. The average molecular weight is 457 g/mol. The van der Waals surface area contributed by atoms with Crippen LogP contribution in [-0.2, 0) is 25.3 Å². The molecule has 0 spiro atoms. The molecule has 10 nitrogen and oxygen atoms in total. The number of primary amides is 1. The van der Waals surface area contributed by atoms with Crippen LogP contribution in [0, 0.1) is 0 Å². The molecule has 1 atom stereocenters. The monoisotopic (exact) mass is 457 g/mol. The number of alkyl halides is 3. The molecule has 0 unspecified atom stereocenters. The van der Waals surface area contributed by atoms with Crippen molar-refractivity contribution >= 4 is 35.1 Å². The van der Waals surface area contributed by atoms with E-state index < -0.39 is 41.5 Å². The quantitative estimate of drug-likeness (QED) is 0.466. The van der Waals surface area contributed by atoms with E-state index >= 15 is 0 Å². The normalized spacial score (nSPS) is 17.8. The Balaban J connectivity index is 1.77. The van der Waals surface area contributed by atoms with E-state index in [9.17, 15) is 32.3 Å². The van der Waals surface area contributed by atoms with E-state index in [2.05, 4.69) is 16.0 Å². The van der Waals surface area contributed by atoms with Crippen LogP contribution in [0.4, 0.5) is 29.3 Å². The molecule has 1 saturated carbocycles. The summed E-state index contributed by atoms with van der Waals surface area (Å²) in [4.78, 5) is 49.0. The summed E-state index contributed by atoms with van der Waals surface area (Å²) in [6.45, 7) is -0.321. The first kappa shape index (κ1) is 23.3. The van der Waals surface area contributed by atoms with Gasteiger partial charge in [0.15, 0.2) is 6.04 Å². The minimum absolute atomic E-state index is 0.0581. The fourth-order valence-corrected chi connectivity index (χ4v) is 3.24. The smallest absolute Gasteiger partial charge is 0.370 e. The van der Waals surface area contributed by atoms with Crippen molar-refractivity contribution in [2.24, 2.45) is 5.73 Å². The largest absolute Gasteiger partial charge is 0.418 e. The van der Waals surface area contributed by atoms with Crippen LogP contribution < -0.4 is 26.6 Å². The lowest BCUT2D eigenvalue weighted by atomic mass is 9.93. The standard InChI is InChI=1S/C19H22F3N5O5/c20-19(21,22)12-8-11(4-5-13(12)27-6-7-32-9-14(27)28)24-17(30)15(16(23)29)26-18(31)25-10-2-1-3-10/h4-5,8,10,15H,1-3,6-7,9H2,(H2,23,29)(H,24,30)(H2,25,26,31)/t15-/m0/s1. The summed E-state index contributed by atoms with van der Waals surface area (Å²) >= 11 is 0. The van der Waals surface area contributed by atoms with Gasteiger partial charge in [0.2, 0.25) is 5.91 Å². The molecule has 5 N–H and O–H groups in total. The molecule has 3 rings (SSSR count). The van der Waals surface area contributed by atoms with Crippen LogP contribution in [-0.4, -0.2) is 55.6 Å². The van der Waals surface area contributed by atoms with Crippen LogP contribution in [0.15, 0.2) is 18.2 Å². The second-order valence-corrected chi connectivity index (χ2v) is 7.40.